The SMILES string of the molecule is C=C1CC/C=C(\C)CC[C@H](/C(=C\CC(O)C(C)(C)O)COC(C)=O)[C@@]1(C)C(=O)OC. The van der Waals surface area contributed by atoms with Gasteiger partial charge in [0, 0.05) is 12.8 Å². The lowest BCUT2D eigenvalue weighted by Crippen LogP contribution is -2.41. The zero-order valence-electron chi connectivity index (χ0n) is 19.3. The van der Waals surface area contributed by atoms with Crippen LogP contribution in [0.4, 0.5) is 0 Å². The van der Waals surface area contributed by atoms with Crippen molar-refractivity contribution in [2.75, 3.05) is 13.7 Å². The molecule has 0 saturated heterocycles. The molecule has 1 aliphatic rings. The van der Waals surface area contributed by atoms with Crippen molar-refractivity contribution in [2.24, 2.45) is 11.3 Å². The molecule has 6 nitrogen and oxygen atoms in total. The summed E-state index contributed by atoms with van der Waals surface area (Å²) in [5, 5.41) is 20.4. The van der Waals surface area contributed by atoms with Gasteiger partial charge in [-0.3, -0.25) is 9.59 Å². The van der Waals surface area contributed by atoms with Crippen LogP contribution in [0.5, 0.6) is 0 Å². The van der Waals surface area contributed by atoms with E-state index in [1.54, 1.807) is 6.08 Å². The first kappa shape index (κ1) is 26.1. The van der Waals surface area contributed by atoms with Crippen molar-refractivity contribution >= 4 is 11.9 Å². The second-order valence-electron chi connectivity index (χ2n) is 8.94. The van der Waals surface area contributed by atoms with Crippen molar-refractivity contribution in [3.63, 3.8) is 0 Å². The normalized spacial score (nSPS) is 26.5. The number of aliphatic hydroxyl groups excluding tert-OH is 1. The maximum atomic E-state index is 13.0. The molecule has 0 aromatic carbocycles. The Morgan fingerprint density at radius 1 is 1.40 bits per heavy atom. The number of carbonyl (C=O) groups excluding carboxylic acids is 2. The van der Waals surface area contributed by atoms with E-state index >= 15 is 0 Å². The number of hydrogen-bond donors (Lipinski definition) is 2. The lowest BCUT2D eigenvalue weighted by Gasteiger charge is -2.38. The molecule has 0 spiro atoms. The maximum absolute atomic E-state index is 13.0. The summed E-state index contributed by atoms with van der Waals surface area (Å²) in [5.74, 6) is -1.14. The first-order valence-corrected chi connectivity index (χ1v) is 10.5. The van der Waals surface area contributed by atoms with Gasteiger partial charge >= 0.3 is 11.9 Å². The van der Waals surface area contributed by atoms with E-state index in [2.05, 4.69) is 19.6 Å². The summed E-state index contributed by atoms with van der Waals surface area (Å²) in [6.07, 6.45) is 5.96. The average molecular weight is 423 g/mol. The van der Waals surface area contributed by atoms with Crippen molar-refractivity contribution in [2.45, 2.75) is 78.4 Å². The standard InChI is InChI=1S/C24H38O6/c1-16-9-8-10-17(2)24(6,22(27)29-7)20(13-11-16)19(15-30-18(3)25)12-14-21(26)23(4,5)28/h9,12,20-21,26,28H,2,8,10-11,13-15H2,1,3-7H3/b16-9+,19-12-/t20-,21?,24+/m1/s1. The van der Waals surface area contributed by atoms with Crippen LogP contribution < -0.4 is 0 Å². The Bertz CT molecular complexity index is 697. The van der Waals surface area contributed by atoms with Crippen LogP contribution in [-0.2, 0) is 19.1 Å². The van der Waals surface area contributed by atoms with Crippen molar-refractivity contribution in [1.29, 1.82) is 0 Å². The first-order valence-electron chi connectivity index (χ1n) is 10.5. The Morgan fingerprint density at radius 2 is 2.03 bits per heavy atom. The summed E-state index contributed by atoms with van der Waals surface area (Å²) in [7, 11) is 1.36. The molecule has 1 rings (SSSR count). The first-order chi connectivity index (χ1) is 13.8. The van der Waals surface area contributed by atoms with E-state index in [-0.39, 0.29) is 24.9 Å². The second-order valence-corrected chi connectivity index (χ2v) is 8.94. The number of allylic oxidation sites excluding steroid dienone is 2. The molecule has 0 amide bonds. The summed E-state index contributed by atoms with van der Waals surface area (Å²) in [5.41, 5.74) is 0.430. The van der Waals surface area contributed by atoms with Gasteiger partial charge in [0.05, 0.1) is 24.2 Å². The molecule has 30 heavy (non-hydrogen) atoms. The van der Waals surface area contributed by atoms with Crippen LogP contribution in [0.3, 0.4) is 0 Å². The smallest absolute Gasteiger partial charge is 0.316 e. The highest BCUT2D eigenvalue weighted by Gasteiger charge is 2.46. The van der Waals surface area contributed by atoms with Gasteiger partial charge in [-0.05, 0) is 65.4 Å². The van der Waals surface area contributed by atoms with Gasteiger partial charge in [0.1, 0.15) is 6.61 Å². The van der Waals surface area contributed by atoms with Crippen LogP contribution in [0.2, 0.25) is 0 Å². The number of ether oxygens (including phenoxy) is 2. The predicted molar refractivity (Wildman–Crippen MR) is 117 cm³/mol. The van der Waals surface area contributed by atoms with Crippen molar-refractivity contribution in [3.05, 3.63) is 35.5 Å². The molecule has 170 valence electrons. The Kier molecular flexibility index (Phi) is 9.50. The highest BCUT2D eigenvalue weighted by atomic mass is 16.5. The third kappa shape index (κ3) is 6.81. The molecule has 0 bridgehead atoms. The number of esters is 2. The number of rotatable bonds is 7. The summed E-state index contributed by atoms with van der Waals surface area (Å²) < 4.78 is 10.5. The second kappa shape index (κ2) is 10.9. The fraction of sp³-hybridized carbons (Fsp3) is 0.667. The zero-order chi connectivity index (χ0) is 23.1. The van der Waals surface area contributed by atoms with Gasteiger partial charge in [0.15, 0.2) is 0 Å². The molecule has 0 radical (unpaired) electrons. The monoisotopic (exact) mass is 422 g/mol. The summed E-state index contributed by atoms with van der Waals surface area (Å²) in [6, 6.07) is 0. The van der Waals surface area contributed by atoms with E-state index in [9.17, 15) is 19.8 Å². The van der Waals surface area contributed by atoms with Gasteiger partial charge in [-0.15, -0.1) is 0 Å². The molecule has 2 N–H and O–H groups in total. The van der Waals surface area contributed by atoms with Crippen LogP contribution in [0, 0.1) is 11.3 Å². The van der Waals surface area contributed by atoms with E-state index in [1.807, 2.05) is 6.92 Å². The molecule has 0 fully saturated rings. The van der Waals surface area contributed by atoms with E-state index in [0.29, 0.717) is 12.8 Å². The van der Waals surface area contributed by atoms with Crippen molar-refractivity contribution < 1.29 is 29.3 Å². The van der Waals surface area contributed by atoms with Gasteiger partial charge in [0.25, 0.3) is 0 Å². The minimum atomic E-state index is -1.28. The molecule has 3 atom stereocenters. The number of aliphatic hydroxyl groups is 2. The highest BCUT2D eigenvalue weighted by Crippen LogP contribution is 2.46. The average Bonchev–Trinajstić information content (AvgIpc) is 2.71. The largest absolute Gasteiger partial charge is 0.468 e. The van der Waals surface area contributed by atoms with E-state index in [4.69, 9.17) is 9.47 Å². The van der Waals surface area contributed by atoms with E-state index in [1.165, 1.54) is 33.5 Å². The van der Waals surface area contributed by atoms with Crippen molar-refractivity contribution in [3.8, 4) is 0 Å². The molecular weight excluding hydrogens is 384 g/mol. The fourth-order valence-electron chi connectivity index (χ4n) is 3.85. The number of hydrogen-bond acceptors (Lipinski definition) is 6. The van der Waals surface area contributed by atoms with Crippen LogP contribution in [0.25, 0.3) is 0 Å². The summed E-state index contributed by atoms with van der Waals surface area (Å²) >= 11 is 0. The van der Waals surface area contributed by atoms with Gasteiger partial charge in [-0.2, -0.15) is 0 Å². The predicted octanol–water partition coefficient (Wildman–Crippen LogP) is 3.87. The van der Waals surface area contributed by atoms with Gasteiger partial charge in [-0.1, -0.05) is 29.9 Å². The van der Waals surface area contributed by atoms with Gasteiger partial charge in [-0.25, -0.2) is 0 Å². The Labute approximate surface area is 180 Å². The molecule has 0 heterocycles. The molecule has 0 aromatic rings. The van der Waals surface area contributed by atoms with Crippen LogP contribution in [0.15, 0.2) is 35.5 Å². The Balaban J connectivity index is 3.47. The third-order valence-electron chi connectivity index (χ3n) is 6.12. The fourth-order valence-corrected chi connectivity index (χ4v) is 3.85. The van der Waals surface area contributed by atoms with Gasteiger partial charge < -0.3 is 19.7 Å². The van der Waals surface area contributed by atoms with Crippen LogP contribution >= 0.6 is 0 Å². The zero-order valence-corrected chi connectivity index (χ0v) is 19.3. The number of carbonyl (C=O) groups is 2. The van der Waals surface area contributed by atoms with Crippen LogP contribution in [0.1, 0.15) is 66.7 Å². The minimum Gasteiger partial charge on any atom is -0.468 e. The van der Waals surface area contributed by atoms with Crippen LogP contribution in [-0.4, -0.2) is 47.6 Å². The molecule has 6 heteroatoms. The molecule has 0 aliphatic heterocycles. The highest BCUT2D eigenvalue weighted by molar-refractivity contribution is 5.81. The summed E-state index contributed by atoms with van der Waals surface area (Å²) in [4.78, 5) is 24.5. The summed E-state index contributed by atoms with van der Waals surface area (Å²) in [6.45, 7) is 12.5. The van der Waals surface area contributed by atoms with E-state index < -0.39 is 23.1 Å². The quantitative estimate of drug-likeness (QED) is 0.478. The van der Waals surface area contributed by atoms with Crippen molar-refractivity contribution in [1.82, 2.24) is 0 Å². The number of methoxy groups -OCH3 is 1. The lowest BCUT2D eigenvalue weighted by atomic mass is 9.66. The molecule has 1 aliphatic carbocycles. The maximum Gasteiger partial charge on any atom is 0.316 e. The topological polar surface area (TPSA) is 93.1 Å². The lowest BCUT2D eigenvalue weighted by molar-refractivity contribution is -0.152. The Hall–Kier alpha value is -1.92. The van der Waals surface area contributed by atoms with Gasteiger partial charge in [0.2, 0.25) is 0 Å². The molecular formula is C24H38O6. The minimum absolute atomic E-state index is 0.00119. The molecule has 0 aromatic heterocycles. The molecule has 0 saturated carbocycles. The van der Waals surface area contributed by atoms with E-state index in [0.717, 1.165) is 24.0 Å². The third-order valence-corrected chi connectivity index (χ3v) is 6.12. The Morgan fingerprint density at radius 3 is 2.57 bits per heavy atom. The molecule has 1 unspecified atom stereocenters.